The predicted molar refractivity (Wildman–Crippen MR) is 119 cm³/mol. The number of hydrogen-bond acceptors (Lipinski definition) is 6. The molecule has 0 aliphatic carbocycles. The summed E-state index contributed by atoms with van der Waals surface area (Å²) in [6.45, 7) is 2.32. The van der Waals surface area contributed by atoms with Crippen LogP contribution in [0.15, 0.2) is 54.7 Å². The van der Waals surface area contributed by atoms with Crippen LogP contribution in [0, 0.1) is 0 Å². The highest BCUT2D eigenvalue weighted by molar-refractivity contribution is 7.89. The topological polar surface area (TPSA) is 99.7 Å². The van der Waals surface area contributed by atoms with Gasteiger partial charge in [-0.05, 0) is 18.6 Å². The number of ketones is 1. The Hall–Kier alpha value is -2.78. The van der Waals surface area contributed by atoms with Gasteiger partial charge in [0, 0.05) is 57.3 Å². The number of piperazine rings is 1. The molecule has 1 aromatic heterocycles. The minimum atomic E-state index is -3.37. The van der Waals surface area contributed by atoms with Gasteiger partial charge in [0.1, 0.15) is 5.82 Å². The number of rotatable bonds is 10. The molecule has 0 radical (unpaired) electrons. The number of nitrogens with one attached hydrogen (secondary N) is 1. The lowest BCUT2D eigenvalue weighted by Gasteiger charge is -2.34. The van der Waals surface area contributed by atoms with Gasteiger partial charge in [0.15, 0.2) is 5.78 Å². The molecule has 0 unspecified atom stereocenters. The van der Waals surface area contributed by atoms with Crippen molar-refractivity contribution < 1.29 is 18.0 Å². The summed E-state index contributed by atoms with van der Waals surface area (Å²) in [6.07, 6.45) is 2.29. The molecule has 31 heavy (non-hydrogen) atoms. The van der Waals surface area contributed by atoms with Gasteiger partial charge >= 0.3 is 0 Å². The van der Waals surface area contributed by atoms with E-state index < -0.39 is 10.0 Å². The van der Waals surface area contributed by atoms with Gasteiger partial charge in [0.2, 0.25) is 15.9 Å². The molecule has 3 rings (SSSR count). The van der Waals surface area contributed by atoms with Crippen molar-refractivity contribution in [2.45, 2.75) is 19.3 Å². The summed E-state index contributed by atoms with van der Waals surface area (Å²) in [7, 11) is -3.37. The van der Waals surface area contributed by atoms with E-state index in [0.29, 0.717) is 38.2 Å². The Morgan fingerprint density at radius 1 is 0.935 bits per heavy atom. The summed E-state index contributed by atoms with van der Waals surface area (Å²) < 4.78 is 26.7. The summed E-state index contributed by atoms with van der Waals surface area (Å²) in [4.78, 5) is 30.3. The van der Waals surface area contributed by atoms with Crippen LogP contribution in [-0.2, 0) is 14.8 Å². The highest BCUT2D eigenvalue weighted by atomic mass is 32.2. The molecular weight excluding hydrogens is 416 g/mol. The van der Waals surface area contributed by atoms with Crippen LogP contribution in [-0.4, -0.2) is 67.9 Å². The molecule has 0 bridgehead atoms. The van der Waals surface area contributed by atoms with Gasteiger partial charge in [-0.2, -0.15) is 4.31 Å². The maximum absolute atomic E-state index is 12.6. The first kappa shape index (κ1) is 22.9. The van der Waals surface area contributed by atoms with E-state index in [1.807, 2.05) is 24.3 Å². The zero-order chi connectivity index (χ0) is 22.1. The Bertz CT molecular complexity index is 960. The molecule has 1 fully saturated rings. The molecule has 0 spiro atoms. The van der Waals surface area contributed by atoms with Crippen molar-refractivity contribution in [3.05, 3.63) is 60.3 Å². The Kier molecular flexibility index (Phi) is 8.13. The van der Waals surface area contributed by atoms with Gasteiger partial charge < -0.3 is 10.2 Å². The van der Waals surface area contributed by atoms with Gasteiger partial charge in [-0.1, -0.05) is 36.4 Å². The van der Waals surface area contributed by atoms with E-state index in [1.54, 1.807) is 30.5 Å². The number of pyridine rings is 1. The number of nitrogens with zero attached hydrogens (tertiary/aromatic N) is 3. The van der Waals surface area contributed by atoms with Crippen LogP contribution in [0.5, 0.6) is 0 Å². The van der Waals surface area contributed by atoms with Crippen molar-refractivity contribution in [3.8, 4) is 0 Å². The maximum Gasteiger partial charge on any atom is 0.220 e. The molecule has 8 nitrogen and oxygen atoms in total. The molecule has 1 aliphatic rings. The van der Waals surface area contributed by atoms with Gasteiger partial charge in [-0.3, -0.25) is 9.59 Å². The summed E-state index contributed by atoms with van der Waals surface area (Å²) in [6, 6.07) is 14.5. The number of carbonyl (C=O) groups excluding carboxylic acids is 2. The second-order valence-corrected chi connectivity index (χ2v) is 9.47. The molecule has 9 heteroatoms. The fraction of sp³-hybridized carbons (Fsp3) is 0.409. The third-order valence-corrected chi connectivity index (χ3v) is 7.14. The average molecular weight is 445 g/mol. The van der Waals surface area contributed by atoms with E-state index in [2.05, 4.69) is 15.2 Å². The average Bonchev–Trinajstić information content (AvgIpc) is 2.81. The largest absolute Gasteiger partial charge is 0.356 e. The van der Waals surface area contributed by atoms with E-state index in [-0.39, 0.29) is 36.8 Å². The van der Waals surface area contributed by atoms with Crippen LogP contribution >= 0.6 is 0 Å². The van der Waals surface area contributed by atoms with Crippen molar-refractivity contribution in [3.63, 3.8) is 0 Å². The number of anilines is 1. The molecule has 1 aromatic carbocycles. The van der Waals surface area contributed by atoms with Crippen molar-refractivity contribution >= 4 is 27.5 Å². The van der Waals surface area contributed by atoms with Crippen LogP contribution in [0.2, 0.25) is 0 Å². The number of hydrogen-bond donors (Lipinski definition) is 1. The number of benzene rings is 1. The van der Waals surface area contributed by atoms with E-state index in [9.17, 15) is 18.0 Å². The van der Waals surface area contributed by atoms with Gasteiger partial charge in [0.25, 0.3) is 0 Å². The molecular formula is C22H28N4O4S. The van der Waals surface area contributed by atoms with Crippen molar-refractivity contribution in [2.24, 2.45) is 0 Å². The van der Waals surface area contributed by atoms with Crippen LogP contribution in [0.4, 0.5) is 5.82 Å². The van der Waals surface area contributed by atoms with E-state index in [4.69, 9.17) is 0 Å². The summed E-state index contributed by atoms with van der Waals surface area (Å²) in [5, 5.41) is 2.70. The second kappa shape index (κ2) is 11.0. The molecule has 0 atom stereocenters. The SMILES string of the molecule is O=C(CCC(=O)c1ccccc1)NCCCS(=O)(=O)N1CCN(c2ccccn2)CC1. The Labute approximate surface area is 183 Å². The van der Waals surface area contributed by atoms with Crippen LogP contribution in [0.1, 0.15) is 29.6 Å². The zero-order valence-electron chi connectivity index (χ0n) is 17.4. The highest BCUT2D eigenvalue weighted by Gasteiger charge is 2.26. The molecule has 166 valence electrons. The summed E-state index contributed by atoms with van der Waals surface area (Å²) in [5.74, 6) is 0.515. The number of carbonyl (C=O) groups is 2. The number of sulfonamides is 1. The van der Waals surface area contributed by atoms with Crippen molar-refractivity contribution in [1.29, 1.82) is 0 Å². The third-order valence-electron chi connectivity index (χ3n) is 5.18. The molecule has 0 saturated carbocycles. The lowest BCUT2D eigenvalue weighted by Crippen LogP contribution is -2.49. The fourth-order valence-corrected chi connectivity index (χ4v) is 4.92. The molecule has 2 aromatic rings. The van der Waals surface area contributed by atoms with Gasteiger partial charge in [-0.25, -0.2) is 13.4 Å². The van der Waals surface area contributed by atoms with Crippen LogP contribution in [0.25, 0.3) is 0 Å². The Morgan fingerprint density at radius 3 is 2.32 bits per heavy atom. The summed E-state index contributed by atoms with van der Waals surface area (Å²) >= 11 is 0. The number of Topliss-reactive ketones (excluding diaryl/α,β-unsaturated/α-hetero) is 1. The Balaban J connectivity index is 1.33. The lowest BCUT2D eigenvalue weighted by molar-refractivity contribution is -0.121. The summed E-state index contributed by atoms with van der Waals surface area (Å²) in [5.41, 5.74) is 0.588. The van der Waals surface area contributed by atoms with Crippen molar-refractivity contribution in [2.75, 3.05) is 43.4 Å². The normalized spacial score (nSPS) is 14.9. The molecule has 2 heterocycles. The minimum Gasteiger partial charge on any atom is -0.356 e. The fourth-order valence-electron chi connectivity index (χ4n) is 3.43. The first-order valence-corrected chi connectivity index (χ1v) is 12.1. The van der Waals surface area contributed by atoms with E-state index in [1.165, 1.54) is 4.31 Å². The monoisotopic (exact) mass is 444 g/mol. The Morgan fingerprint density at radius 2 is 1.65 bits per heavy atom. The maximum atomic E-state index is 12.6. The van der Waals surface area contributed by atoms with E-state index >= 15 is 0 Å². The molecule has 1 amide bonds. The minimum absolute atomic E-state index is 0.0141. The van der Waals surface area contributed by atoms with Gasteiger partial charge in [-0.15, -0.1) is 0 Å². The number of aromatic nitrogens is 1. The second-order valence-electron chi connectivity index (χ2n) is 7.38. The standard InChI is InChI=1S/C22H28N4O4S/c27-20(19-7-2-1-3-8-19)10-11-22(28)24-13-6-18-31(29,30)26-16-14-25(15-17-26)21-9-4-5-12-23-21/h1-5,7-9,12H,6,10-11,13-18H2,(H,24,28). The first-order valence-electron chi connectivity index (χ1n) is 10.4. The molecule has 1 N–H and O–H groups in total. The lowest BCUT2D eigenvalue weighted by atomic mass is 10.1. The van der Waals surface area contributed by atoms with Crippen LogP contribution in [0.3, 0.4) is 0 Å². The predicted octanol–water partition coefficient (Wildman–Crippen LogP) is 1.70. The quantitative estimate of drug-likeness (QED) is 0.442. The van der Waals surface area contributed by atoms with Crippen LogP contribution < -0.4 is 10.2 Å². The van der Waals surface area contributed by atoms with Gasteiger partial charge in [0.05, 0.1) is 5.75 Å². The van der Waals surface area contributed by atoms with E-state index in [0.717, 1.165) is 5.82 Å². The van der Waals surface area contributed by atoms with Crippen molar-refractivity contribution in [1.82, 2.24) is 14.6 Å². The zero-order valence-corrected chi connectivity index (χ0v) is 18.3. The highest BCUT2D eigenvalue weighted by Crippen LogP contribution is 2.15. The molecule has 1 saturated heterocycles. The first-order chi connectivity index (χ1) is 15.0. The number of amides is 1. The third kappa shape index (κ3) is 6.86. The molecule has 1 aliphatic heterocycles. The smallest absolute Gasteiger partial charge is 0.220 e.